The van der Waals surface area contributed by atoms with Crippen LogP contribution in [-0.4, -0.2) is 11.0 Å². The van der Waals surface area contributed by atoms with Crippen molar-refractivity contribution in [2.75, 3.05) is 0 Å². The van der Waals surface area contributed by atoms with Crippen LogP contribution in [0.1, 0.15) is 0 Å². The first-order valence-electron chi connectivity index (χ1n) is 2.80. The van der Waals surface area contributed by atoms with Gasteiger partial charge in [-0.15, -0.1) is 0 Å². The van der Waals surface area contributed by atoms with Gasteiger partial charge in [0.25, 0.3) is 6.04 Å². The van der Waals surface area contributed by atoms with Crippen LogP contribution in [0.3, 0.4) is 0 Å². The summed E-state index contributed by atoms with van der Waals surface area (Å²) in [5.74, 6) is 0. The first-order chi connectivity index (χ1) is 4.72. The van der Waals surface area contributed by atoms with Gasteiger partial charge in [0.2, 0.25) is 0 Å². The first kappa shape index (κ1) is 6.74. The smallest absolute Gasteiger partial charge is 0.256 e. The Morgan fingerprint density at radius 3 is 2.90 bits per heavy atom. The molecule has 0 saturated heterocycles. The fourth-order valence-electron chi connectivity index (χ4n) is 0.716. The number of hydrogen-bond donors (Lipinski definition) is 0. The third kappa shape index (κ3) is 1.13. The molecular weight excluding hydrogens is 130 g/mol. The lowest BCUT2D eigenvalue weighted by atomic mass is 10.1. The van der Waals surface area contributed by atoms with Crippen molar-refractivity contribution < 1.29 is 4.92 Å². The van der Waals surface area contributed by atoms with Gasteiger partial charge in [0.1, 0.15) is 0 Å². The van der Waals surface area contributed by atoms with Gasteiger partial charge >= 0.3 is 0 Å². The van der Waals surface area contributed by atoms with E-state index in [-0.39, 0.29) is 4.92 Å². The Labute approximate surface area is 58.5 Å². The highest BCUT2D eigenvalue weighted by Crippen LogP contribution is 2.10. The van der Waals surface area contributed by atoms with Crippen molar-refractivity contribution in [1.29, 1.82) is 0 Å². The van der Waals surface area contributed by atoms with Crippen molar-refractivity contribution in [3.05, 3.63) is 46.6 Å². The van der Waals surface area contributed by atoms with E-state index in [1.54, 1.807) is 0 Å². The van der Waals surface area contributed by atoms with Crippen molar-refractivity contribution in [3.8, 4) is 0 Å². The summed E-state index contributed by atoms with van der Waals surface area (Å²) in [5, 5.41) is 10.2. The highest BCUT2D eigenvalue weighted by Gasteiger charge is 2.19. The predicted octanol–water partition coefficient (Wildman–Crippen LogP) is 1.12. The normalized spacial score (nSPS) is 23.2. The summed E-state index contributed by atoms with van der Waals surface area (Å²) >= 11 is 0. The van der Waals surface area contributed by atoms with E-state index >= 15 is 0 Å². The Morgan fingerprint density at radius 1 is 1.80 bits per heavy atom. The van der Waals surface area contributed by atoms with Gasteiger partial charge in [0.15, 0.2) is 0 Å². The van der Waals surface area contributed by atoms with Crippen LogP contribution in [0, 0.1) is 16.2 Å². The van der Waals surface area contributed by atoms with E-state index in [1.165, 1.54) is 18.2 Å². The van der Waals surface area contributed by atoms with Crippen LogP contribution in [0.2, 0.25) is 0 Å². The lowest BCUT2D eigenvalue weighted by molar-refractivity contribution is -0.498. The Morgan fingerprint density at radius 2 is 2.50 bits per heavy atom. The minimum atomic E-state index is -0.749. The highest BCUT2D eigenvalue weighted by molar-refractivity contribution is 5.28. The molecule has 0 aliphatic heterocycles. The summed E-state index contributed by atoms with van der Waals surface area (Å²) in [6.07, 6.45) is 7.22. The van der Waals surface area contributed by atoms with Crippen LogP contribution in [0.15, 0.2) is 30.4 Å². The molecule has 0 aromatic heterocycles. The van der Waals surface area contributed by atoms with Crippen LogP contribution in [-0.2, 0) is 0 Å². The van der Waals surface area contributed by atoms with E-state index in [0.717, 1.165) is 0 Å². The molecule has 51 valence electrons. The summed E-state index contributed by atoms with van der Waals surface area (Å²) in [5.41, 5.74) is 0.479. The minimum absolute atomic E-state index is 0.379. The molecule has 0 N–H and O–H groups in total. The molecule has 3 nitrogen and oxygen atoms in total. The molecule has 0 aromatic rings. The van der Waals surface area contributed by atoms with Crippen LogP contribution < -0.4 is 0 Å². The fraction of sp³-hybridized carbons (Fsp3) is 0.143. The van der Waals surface area contributed by atoms with E-state index in [1.807, 2.05) is 0 Å². The summed E-state index contributed by atoms with van der Waals surface area (Å²) < 4.78 is 0. The monoisotopic (exact) mass is 136 g/mol. The highest BCUT2D eigenvalue weighted by atomic mass is 16.6. The molecule has 1 radical (unpaired) electrons. The third-order valence-corrected chi connectivity index (χ3v) is 1.25. The van der Waals surface area contributed by atoms with Gasteiger partial charge in [-0.3, -0.25) is 10.1 Å². The van der Waals surface area contributed by atoms with Crippen molar-refractivity contribution in [2.24, 2.45) is 0 Å². The summed E-state index contributed by atoms with van der Waals surface area (Å²) in [7, 11) is 0. The van der Waals surface area contributed by atoms with Gasteiger partial charge in [0.05, 0.1) is 0 Å². The van der Waals surface area contributed by atoms with E-state index in [0.29, 0.717) is 5.57 Å². The maximum atomic E-state index is 10.2. The topological polar surface area (TPSA) is 43.1 Å². The molecule has 0 spiro atoms. The molecule has 1 atom stereocenters. The van der Waals surface area contributed by atoms with Gasteiger partial charge in [-0.2, -0.15) is 0 Å². The zero-order chi connectivity index (χ0) is 7.56. The second kappa shape index (κ2) is 2.47. The molecule has 1 aliphatic carbocycles. The Kier molecular flexibility index (Phi) is 1.67. The van der Waals surface area contributed by atoms with Gasteiger partial charge in [0, 0.05) is 10.5 Å². The lowest BCUT2D eigenvalue weighted by Gasteiger charge is -2.05. The SMILES string of the molecule is C=C1C=[C]C=CC1[N+](=O)[O-]. The summed E-state index contributed by atoms with van der Waals surface area (Å²) in [6, 6.07) is -0.749. The second-order valence-electron chi connectivity index (χ2n) is 1.98. The fourth-order valence-corrected chi connectivity index (χ4v) is 0.716. The quantitative estimate of drug-likeness (QED) is 0.400. The van der Waals surface area contributed by atoms with E-state index in [4.69, 9.17) is 0 Å². The maximum Gasteiger partial charge on any atom is 0.256 e. The molecule has 0 fully saturated rings. The van der Waals surface area contributed by atoms with E-state index in [2.05, 4.69) is 12.7 Å². The molecule has 1 rings (SSSR count). The maximum absolute atomic E-state index is 10.2. The van der Waals surface area contributed by atoms with Crippen molar-refractivity contribution >= 4 is 0 Å². The minimum Gasteiger partial charge on any atom is -0.264 e. The van der Waals surface area contributed by atoms with Crippen LogP contribution in [0.25, 0.3) is 0 Å². The van der Waals surface area contributed by atoms with Crippen molar-refractivity contribution in [1.82, 2.24) is 0 Å². The number of allylic oxidation sites excluding steroid dienone is 2. The van der Waals surface area contributed by atoms with Gasteiger partial charge in [-0.05, 0) is 18.2 Å². The molecule has 0 bridgehead atoms. The summed E-state index contributed by atoms with van der Waals surface area (Å²) in [4.78, 5) is 9.83. The van der Waals surface area contributed by atoms with Crippen molar-refractivity contribution in [3.63, 3.8) is 0 Å². The van der Waals surface area contributed by atoms with Crippen molar-refractivity contribution in [2.45, 2.75) is 6.04 Å². The lowest BCUT2D eigenvalue weighted by Crippen LogP contribution is -2.18. The molecule has 0 heterocycles. The molecule has 1 aliphatic rings. The van der Waals surface area contributed by atoms with E-state index in [9.17, 15) is 10.1 Å². The number of hydrogen-bond acceptors (Lipinski definition) is 2. The molecule has 10 heavy (non-hydrogen) atoms. The zero-order valence-electron chi connectivity index (χ0n) is 5.28. The molecule has 0 saturated carbocycles. The van der Waals surface area contributed by atoms with Crippen LogP contribution >= 0.6 is 0 Å². The van der Waals surface area contributed by atoms with E-state index < -0.39 is 6.04 Å². The largest absolute Gasteiger partial charge is 0.264 e. The number of rotatable bonds is 1. The average Bonchev–Trinajstić information content (AvgIpc) is 1.88. The zero-order valence-corrected chi connectivity index (χ0v) is 5.28. The molecule has 3 heteroatoms. The Bertz CT molecular complexity index is 228. The molecule has 1 unspecified atom stereocenters. The average molecular weight is 136 g/mol. The molecular formula is C7H6NO2. The first-order valence-corrected chi connectivity index (χ1v) is 2.80. The van der Waals surface area contributed by atoms with Gasteiger partial charge < -0.3 is 0 Å². The number of nitrogens with zero attached hydrogens (tertiary/aromatic N) is 1. The standard InChI is InChI=1S/C7H6NO2/c1-6-4-2-3-5-7(6)8(9)10/h3-5,7H,1H2. The molecule has 0 aromatic carbocycles. The predicted molar refractivity (Wildman–Crippen MR) is 36.9 cm³/mol. The number of nitro groups is 1. The van der Waals surface area contributed by atoms with Crippen LogP contribution in [0.4, 0.5) is 0 Å². The van der Waals surface area contributed by atoms with Gasteiger partial charge in [-0.1, -0.05) is 12.7 Å². The molecule has 0 amide bonds. The Balaban J connectivity index is 2.80. The second-order valence-corrected chi connectivity index (χ2v) is 1.98. The third-order valence-electron chi connectivity index (χ3n) is 1.25. The van der Waals surface area contributed by atoms with Gasteiger partial charge in [-0.25, -0.2) is 0 Å². The Hall–Kier alpha value is -1.38. The summed E-state index contributed by atoms with van der Waals surface area (Å²) in [6.45, 7) is 3.51. The van der Waals surface area contributed by atoms with Crippen LogP contribution in [0.5, 0.6) is 0 Å².